The Morgan fingerprint density at radius 3 is 2.52 bits per heavy atom. The van der Waals surface area contributed by atoms with Gasteiger partial charge in [-0.2, -0.15) is 5.10 Å². The van der Waals surface area contributed by atoms with Crippen molar-refractivity contribution in [2.24, 2.45) is 0 Å². The fourth-order valence-corrected chi connectivity index (χ4v) is 2.01. The highest BCUT2D eigenvalue weighted by Gasteiger charge is 2.26. The molecule has 1 saturated carbocycles. The Bertz CT molecular complexity index is 739. The number of rotatable bonds is 2. The molecule has 1 aliphatic carbocycles. The maximum atomic E-state index is 11.7. The number of aromatic amines is 2. The van der Waals surface area contributed by atoms with Crippen molar-refractivity contribution in [3.8, 4) is 11.3 Å². The van der Waals surface area contributed by atoms with Crippen LogP contribution < -0.4 is 11.2 Å². The van der Waals surface area contributed by atoms with Crippen LogP contribution in [-0.4, -0.2) is 20.2 Å². The van der Waals surface area contributed by atoms with Crippen molar-refractivity contribution in [1.29, 1.82) is 0 Å². The predicted molar refractivity (Wildman–Crippen MR) is 85.6 cm³/mol. The van der Waals surface area contributed by atoms with Gasteiger partial charge in [-0.3, -0.25) is 9.78 Å². The van der Waals surface area contributed by atoms with E-state index in [0.717, 1.165) is 24.1 Å². The summed E-state index contributed by atoms with van der Waals surface area (Å²) >= 11 is 0. The number of aryl methyl sites for hydroxylation is 1. The third kappa shape index (κ3) is 3.65. The molecule has 0 aliphatic heterocycles. The van der Waals surface area contributed by atoms with Crippen LogP contribution in [0.25, 0.3) is 11.3 Å². The van der Waals surface area contributed by atoms with Crippen molar-refractivity contribution in [1.82, 2.24) is 20.2 Å². The second-order valence-corrected chi connectivity index (χ2v) is 5.24. The number of aromatic nitrogens is 4. The summed E-state index contributed by atoms with van der Waals surface area (Å²) in [7, 11) is 0. The monoisotopic (exact) mass is 292 g/mol. The van der Waals surface area contributed by atoms with Crippen molar-refractivity contribution in [2.75, 3.05) is 0 Å². The van der Waals surface area contributed by atoms with Crippen LogP contribution in [0.4, 0.5) is 0 Å². The minimum atomic E-state index is -0.522. The van der Waals surface area contributed by atoms with Gasteiger partial charge in [0.05, 0.1) is 11.3 Å². The average Bonchev–Trinajstić information content (AvgIpc) is 3.25. The van der Waals surface area contributed by atoms with E-state index in [-0.39, 0.29) is 2.85 Å². The molecule has 1 aliphatic rings. The lowest BCUT2D eigenvalue weighted by molar-refractivity contribution is 0.926. The Hall–Kier alpha value is -2.24. The number of nitrogens with one attached hydrogen (secondary N) is 2. The number of H-pyrrole nitrogens is 2. The molecule has 0 unspecified atom stereocenters. The van der Waals surface area contributed by atoms with E-state index in [9.17, 15) is 9.59 Å². The quantitative estimate of drug-likeness (QED) is 0.890. The van der Waals surface area contributed by atoms with Crippen LogP contribution in [0.5, 0.6) is 0 Å². The lowest BCUT2D eigenvalue weighted by Gasteiger charge is -2.04. The SMILES string of the molecule is CCC.Cc1nnc(-c2c[nH]c(=O)[nH]c2=O)cc1C1CC1.[HH].[HH]. The first-order valence-corrected chi connectivity index (χ1v) is 7.23. The van der Waals surface area contributed by atoms with E-state index >= 15 is 0 Å². The van der Waals surface area contributed by atoms with Crippen molar-refractivity contribution in [3.63, 3.8) is 0 Å². The lowest BCUT2D eigenvalue weighted by Crippen LogP contribution is -2.23. The van der Waals surface area contributed by atoms with Gasteiger partial charge in [-0.1, -0.05) is 20.3 Å². The third-order valence-corrected chi connectivity index (χ3v) is 3.13. The second kappa shape index (κ2) is 6.47. The van der Waals surface area contributed by atoms with Gasteiger partial charge < -0.3 is 4.98 Å². The zero-order valence-corrected chi connectivity index (χ0v) is 12.6. The molecule has 0 bridgehead atoms. The molecule has 6 heteroatoms. The molecule has 2 aromatic heterocycles. The molecule has 2 heterocycles. The summed E-state index contributed by atoms with van der Waals surface area (Å²) in [6, 6.07) is 1.89. The second-order valence-electron chi connectivity index (χ2n) is 5.24. The number of hydrogen-bond donors (Lipinski definition) is 2. The highest BCUT2D eigenvalue weighted by Crippen LogP contribution is 2.41. The van der Waals surface area contributed by atoms with E-state index in [1.54, 1.807) is 0 Å². The molecule has 0 spiro atoms. The maximum absolute atomic E-state index is 11.7. The Balaban J connectivity index is 0.000000902. The molecule has 0 atom stereocenters. The number of nitrogens with zero attached hydrogens (tertiary/aromatic N) is 2. The van der Waals surface area contributed by atoms with Gasteiger partial charge in [-0.05, 0) is 37.3 Å². The van der Waals surface area contributed by atoms with Crippen molar-refractivity contribution < 1.29 is 2.85 Å². The standard InChI is InChI=1S/C12H12N4O2.C3H8.2H2/c1-6-8(7-2-3-7)4-10(16-15-6)9-5-13-12(18)14-11(9)17;1-3-2;;/h4-5,7H,2-3H2,1H3,(H2,13,14,17,18);3H2,1-2H3;2*1H. The normalized spacial score (nSPS) is 13.5. The highest BCUT2D eigenvalue weighted by atomic mass is 16.2. The van der Waals surface area contributed by atoms with Gasteiger partial charge in [0, 0.05) is 9.05 Å². The zero-order valence-electron chi connectivity index (χ0n) is 12.6. The number of hydrogen-bond acceptors (Lipinski definition) is 4. The van der Waals surface area contributed by atoms with Crippen LogP contribution in [-0.2, 0) is 0 Å². The van der Waals surface area contributed by atoms with E-state index in [4.69, 9.17) is 0 Å². The molecule has 0 saturated heterocycles. The Morgan fingerprint density at radius 1 is 1.29 bits per heavy atom. The summed E-state index contributed by atoms with van der Waals surface area (Å²) in [5, 5.41) is 8.10. The summed E-state index contributed by atoms with van der Waals surface area (Å²) in [4.78, 5) is 27.3. The topological polar surface area (TPSA) is 91.5 Å². The largest absolute Gasteiger partial charge is 0.325 e. The summed E-state index contributed by atoms with van der Waals surface area (Å²) in [5.41, 5.74) is 1.92. The van der Waals surface area contributed by atoms with Gasteiger partial charge in [0.1, 0.15) is 5.69 Å². The Labute approximate surface area is 125 Å². The molecular formula is C15H24N4O2. The van der Waals surface area contributed by atoms with Gasteiger partial charge in [0.15, 0.2) is 0 Å². The first-order valence-electron chi connectivity index (χ1n) is 7.23. The first-order chi connectivity index (χ1) is 10.1. The highest BCUT2D eigenvalue weighted by molar-refractivity contribution is 5.57. The van der Waals surface area contributed by atoms with Crippen LogP contribution in [0.3, 0.4) is 0 Å². The molecule has 0 amide bonds. The van der Waals surface area contributed by atoms with Crippen LogP contribution in [0.2, 0.25) is 0 Å². The van der Waals surface area contributed by atoms with Crippen molar-refractivity contribution in [3.05, 3.63) is 44.4 Å². The van der Waals surface area contributed by atoms with E-state index in [1.807, 2.05) is 13.0 Å². The van der Waals surface area contributed by atoms with Crippen LogP contribution in [0, 0.1) is 6.92 Å². The molecule has 6 nitrogen and oxygen atoms in total. The molecular weight excluding hydrogens is 268 g/mol. The molecule has 3 rings (SSSR count). The minimum absolute atomic E-state index is 0. The Kier molecular flexibility index (Phi) is 4.67. The molecule has 116 valence electrons. The fraction of sp³-hybridized carbons (Fsp3) is 0.467. The van der Waals surface area contributed by atoms with Gasteiger partial charge in [0.25, 0.3) is 5.56 Å². The minimum Gasteiger partial charge on any atom is -0.313 e. The summed E-state index contributed by atoms with van der Waals surface area (Å²) in [6.07, 6.45) is 4.94. The van der Waals surface area contributed by atoms with Crippen molar-refractivity contribution >= 4 is 0 Å². The molecule has 2 aromatic rings. The predicted octanol–water partition coefficient (Wildman–Crippen LogP) is 2.61. The maximum Gasteiger partial charge on any atom is 0.325 e. The van der Waals surface area contributed by atoms with Gasteiger partial charge >= 0.3 is 5.69 Å². The summed E-state index contributed by atoms with van der Waals surface area (Å²) < 4.78 is 0. The zero-order chi connectivity index (χ0) is 15.4. The lowest BCUT2D eigenvalue weighted by atomic mass is 10.1. The molecule has 21 heavy (non-hydrogen) atoms. The molecule has 0 radical (unpaired) electrons. The molecule has 0 aromatic carbocycles. The van der Waals surface area contributed by atoms with Gasteiger partial charge in [-0.15, -0.1) is 5.10 Å². The molecule has 1 fully saturated rings. The van der Waals surface area contributed by atoms with Crippen molar-refractivity contribution in [2.45, 2.75) is 46.0 Å². The summed E-state index contributed by atoms with van der Waals surface area (Å²) in [6.45, 7) is 6.17. The summed E-state index contributed by atoms with van der Waals surface area (Å²) in [5.74, 6) is 0.543. The van der Waals surface area contributed by atoms with E-state index in [1.165, 1.54) is 12.6 Å². The fourth-order valence-electron chi connectivity index (χ4n) is 2.01. The van der Waals surface area contributed by atoms with Crippen LogP contribution in [0.15, 0.2) is 21.9 Å². The van der Waals surface area contributed by atoms with E-state index < -0.39 is 11.2 Å². The van der Waals surface area contributed by atoms with Crippen LogP contribution >= 0.6 is 0 Å². The molecule has 2 N–H and O–H groups in total. The van der Waals surface area contributed by atoms with E-state index in [2.05, 4.69) is 34.0 Å². The Morgan fingerprint density at radius 2 is 1.95 bits per heavy atom. The van der Waals surface area contributed by atoms with E-state index in [0.29, 0.717) is 17.2 Å². The van der Waals surface area contributed by atoms with Gasteiger partial charge in [0.2, 0.25) is 0 Å². The first kappa shape index (κ1) is 15.2. The third-order valence-electron chi connectivity index (χ3n) is 3.13. The van der Waals surface area contributed by atoms with Gasteiger partial charge in [-0.25, -0.2) is 4.79 Å². The van der Waals surface area contributed by atoms with Crippen LogP contribution in [0.1, 0.15) is 53.1 Å². The average molecular weight is 292 g/mol. The smallest absolute Gasteiger partial charge is 0.313 e.